The van der Waals surface area contributed by atoms with Gasteiger partial charge in [0.2, 0.25) is 0 Å². The minimum atomic E-state index is -0.244. The van der Waals surface area contributed by atoms with E-state index in [2.05, 4.69) is 0 Å². The van der Waals surface area contributed by atoms with Gasteiger partial charge in [-0.05, 0) is 37.1 Å². The van der Waals surface area contributed by atoms with E-state index >= 15 is 0 Å². The van der Waals surface area contributed by atoms with Crippen LogP contribution in [-0.2, 0) is 9.59 Å². The molecule has 0 unspecified atom stereocenters. The lowest BCUT2D eigenvalue weighted by molar-refractivity contribution is -0.135. The van der Waals surface area contributed by atoms with Crippen LogP contribution in [0.15, 0.2) is 48.5 Å². The van der Waals surface area contributed by atoms with Gasteiger partial charge in [-0.15, -0.1) is 0 Å². The zero-order valence-electron chi connectivity index (χ0n) is 17.1. The van der Waals surface area contributed by atoms with Crippen molar-refractivity contribution in [1.82, 2.24) is 0 Å². The molecule has 162 valence electrons. The van der Waals surface area contributed by atoms with E-state index in [9.17, 15) is 9.59 Å². The van der Waals surface area contributed by atoms with Crippen LogP contribution in [0.1, 0.15) is 64.2 Å². The Kier molecular flexibility index (Phi) is 11.3. The zero-order chi connectivity index (χ0) is 21.6. The number of hydrogen-bond acceptors (Lipinski definition) is 4. The summed E-state index contributed by atoms with van der Waals surface area (Å²) < 4.78 is 10.5. The van der Waals surface area contributed by atoms with Crippen LogP contribution in [0, 0.1) is 0 Å². The summed E-state index contributed by atoms with van der Waals surface area (Å²) in [6.07, 6.45) is 8.88. The van der Waals surface area contributed by atoms with Crippen LogP contribution in [0.2, 0.25) is 10.0 Å². The first-order chi connectivity index (χ1) is 14.6. The molecule has 0 N–H and O–H groups in total. The molecule has 0 spiro atoms. The number of carbonyl (C=O) groups excluding carboxylic acids is 2. The third-order valence-electron chi connectivity index (χ3n) is 4.63. The monoisotopic (exact) mass is 450 g/mol. The highest BCUT2D eigenvalue weighted by molar-refractivity contribution is 6.32. The number of rotatable bonds is 13. The van der Waals surface area contributed by atoms with Crippen LogP contribution in [0.4, 0.5) is 0 Å². The predicted molar refractivity (Wildman–Crippen MR) is 120 cm³/mol. The standard InChI is InChI=1S/C24H28Cl2O4/c25-19-13-9-11-15-21(19)29-23(27)17-7-5-3-1-2-4-6-8-18-24(28)30-22-16-12-10-14-20(22)26/h9-16H,1-8,17-18H2. The molecule has 2 aromatic carbocycles. The molecule has 6 heteroatoms. The highest BCUT2D eigenvalue weighted by Gasteiger charge is 2.08. The van der Waals surface area contributed by atoms with Gasteiger partial charge in [0.05, 0.1) is 10.0 Å². The molecule has 0 heterocycles. The lowest BCUT2D eigenvalue weighted by Gasteiger charge is -2.06. The lowest BCUT2D eigenvalue weighted by atomic mass is 10.1. The maximum absolute atomic E-state index is 11.8. The van der Waals surface area contributed by atoms with Crippen LogP contribution < -0.4 is 9.47 Å². The Hall–Kier alpha value is -2.04. The summed E-state index contributed by atoms with van der Waals surface area (Å²) in [4.78, 5) is 23.7. The molecule has 0 fully saturated rings. The van der Waals surface area contributed by atoms with Gasteiger partial charge in [0.1, 0.15) is 11.5 Å². The van der Waals surface area contributed by atoms with E-state index in [1.807, 2.05) is 0 Å². The van der Waals surface area contributed by atoms with Crippen molar-refractivity contribution in [3.05, 3.63) is 58.6 Å². The smallest absolute Gasteiger partial charge is 0.311 e. The lowest BCUT2D eigenvalue weighted by Crippen LogP contribution is -2.07. The molecule has 0 aromatic heterocycles. The molecule has 0 bridgehead atoms. The molecule has 0 atom stereocenters. The topological polar surface area (TPSA) is 52.6 Å². The van der Waals surface area contributed by atoms with Gasteiger partial charge in [-0.2, -0.15) is 0 Å². The van der Waals surface area contributed by atoms with Gasteiger partial charge in [0, 0.05) is 12.8 Å². The van der Waals surface area contributed by atoms with E-state index in [1.165, 1.54) is 0 Å². The van der Waals surface area contributed by atoms with Crippen LogP contribution in [0.25, 0.3) is 0 Å². The second kappa shape index (κ2) is 14.1. The van der Waals surface area contributed by atoms with E-state index < -0.39 is 0 Å². The van der Waals surface area contributed by atoms with E-state index in [0.717, 1.165) is 51.4 Å². The molecule has 0 aliphatic rings. The first-order valence-electron chi connectivity index (χ1n) is 10.5. The molecular weight excluding hydrogens is 423 g/mol. The summed E-state index contributed by atoms with van der Waals surface area (Å²) in [6, 6.07) is 14.0. The summed E-state index contributed by atoms with van der Waals surface area (Å²) in [6.45, 7) is 0. The molecule has 30 heavy (non-hydrogen) atoms. The summed E-state index contributed by atoms with van der Waals surface area (Å²) in [5.41, 5.74) is 0. The second-order valence-electron chi connectivity index (χ2n) is 7.14. The van der Waals surface area contributed by atoms with Gasteiger partial charge in [-0.3, -0.25) is 9.59 Å². The van der Waals surface area contributed by atoms with Gasteiger partial charge in [0.25, 0.3) is 0 Å². The van der Waals surface area contributed by atoms with Crippen molar-refractivity contribution in [3.63, 3.8) is 0 Å². The summed E-state index contributed by atoms with van der Waals surface area (Å²) in [7, 11) is 0. The molecule has 0 aliphatic carbocycles. The molecule has 2 aromatic rings. The fourth-order valence-electron chi connectivity index (χ4n) is 3.00. The Morgan fingerprint density at radius 3 is 1.27 bits per heavy atom. The van der Waals surface area contributed by atoms with E-state index in [0.29, 0.717) is 34.4 Å². The minimum Gasteiger partial charge on any atom is -0.425 e. The zero-order valence-corrected chi connectivity index (χ0v) is 18.6. The van der Waals surface area contributed by atoms with Crippen LogP contribution in [-0.4, -0.2) is 11.9 Å². The predicted octanol–water partition coefficient (Wildman–Crippen LogP) is 7.41. The van der Waals surface area contributed by atoms with E-state index in [-0.39, 0.29) is 11.9 Å². The summed E-state index contributed by atoms with van der Waals surface area (Å²) in [5, 5.41) is 0.894. The molecule has 0 saturated heterocycles. The Morgan fingerprint density at radius 1 is 0.567 bits per heavy atom. The number of benzene rings is 2. The van der Waals surface area contributed by atoms with Crippen molar-refractivity contribution in [1.29, 1.82) is 0 Å². The molecular formula is C24H28Cl2O4. The molecule has 2 rings (SSSR count). The number of para-hydroxylation sites is 2. The first kappa shape index (κ1) is 24.2. The first-order valence-corrected chi connectivity index (χ1v) is 11.2. The molecule has 0 saturated carbocycles. The van der Waals surface area contributed by atoms with Crippen molar-refractivity contribution in [3.8, 4) is 11.5 Å². The Labute approximate surface area is 188 Å². The average molecular weight is 451 g/mol. The number of carbonyl (C=O) groups is 2. The highest BCUT2D eigenvalue weighted by atomic mass is 35.5. The van der Waals surface area contributed by atoms with E-state index in [1.54, 1.807) is 48.5 Å². The Morgan fingerprint density at radius 2 is 0.900 bits per heavy atom. The summed E-state index contributed by atoms with van der Waals surface area (Å²) in [5.74, 6) is 0.346. The minimum absolute atomic E-state index is 0.244. The van der Waals surface area contributed by atoms with Gasteiger partial charge >= 0.3 is 11.9 Å². The average Bonchev–Trinajstić information content (AvgIpc) is 2.73. The van der Waals surface area contributed by atoms with Gasteiger partial charge in [0.15, 0.2) is 0 Å². The van der Waals surface area contributed by atoms with Crippen molar-refractivity contribution in [2.24, 2.45) is 0 Å². The number of ether oxygens (including phenoxy) is 2. The third kappa shape index (κ3) is 9.64. The van der Waals surface area contributed by atoms with Crippen molar-refractivity contribution < 1.29 is 19.1 Å². The second-order valence-corrected chi connectivity index (χ2v) is 7.95. The summed E-state index contributed by atoms with van der Waals surface area (Å²) >= 11 is 11.9. The molecule has 0 radical (unpaired) electrons. The molecule has 0 amide bonds. The number of unbranched alkanes of at least 4 members (excludes halogenated alkanes) is 7. The quantitative estimate of drug-likeness (QED) is 0.181. The van der Waals surface area contributed by atoms with Crippen LogP contribution in [0.3, 0.4) is 0 Å². The highest BCUT2D eigenvalue weighted by Crippen LogP contribution is 2.24. The molecule has 4 nitrogen and oxygen atoms in total. The van der Waals surface area contributed by atoms with E-state index in [4.69, 9.17) is 32.7 Å². The largest absolute Gasteiger partial charge is 0.425 e. The molecule has 0 aliphatic heterocycles. The Bertz CT molecular complexity index is 740. The normalized spacial score (nSPS) is 10.6. The van der Waals surface area contributed by atoms with Crippen molar-refractivity contribution in [2.75, 3.05) is 0 Å². The fraction of sp³-hybridized carbons (Fsp3) is 0.417. The van der Waals surface area contributed by atoms with Crippen molar-refractivity contribution in [2.45, 2.75) is 64.2 Å². The fourth-order valence-corrected chi connectivity index (χ4v) is 3.35. The number of esters is 2. The maximum Gasteiger partial charge on any atom is 0.311 e. The maximum atomic E-state index is 11.8. The van der Waals surface area contributed by atoms with Crippen LogP contribution >= 0.6 is 23.2 Å². The van der Waals surface area contributed by atoms with Crippen molar-refractivity contribution >= 4 is 35.1 Å². The SMILES string of the molecule is O=C(CCCCCCCCCCC(=O)Oc1ccccc1Cl)Oc1ccccc1Cl. The number of hydrogen-bond donors (Lipinski definition) is 0. The van der Waals surface area contributed by atoms with Gasteiger partial charge in [-0.1, -0.05) is 86.0 Å². The third-order valence-corrected chi connectivity index (χ3v) is 5.26. The Balaban J connectivity index is 1.42. The van der Waals surface area contributed by atoms with Gasteiger partial charge < -0.3 is 9.47 Å². The van der Waals surface area contributed by atoms with Gasteiger partial charge in [-0.25, -0.2) is 0 Å². The number of halogens is 2. The van der Waals surface area contributed by atoms with Crippen LogP contribution in [0.5, 0.6) is 11.5 Å².